The molecule has 2 aromatic rings. The standard InChI is InChI=1S/C17H18N2O3S/c1-2-19-7-8-22-15-6-5-12(10-14(15)17(19)21)18-16(20)11-13-4-3-9-23-13/h3-6,9-10H,2,7-8,11H2,1H3,(H,18,20). The molecule has 1 aliphatic heterocycles. The molecule has 1 N–H and O–H groups in total. The van der Waals surface area contributed by atoms with Gasteiger partial charge < -0.3 is 15.0 Å². The molecule has 0 saturated carbocycles. The van der Waals surface area contributed by atoms with Gasteiger partial charge in [-0.05, 0) is 36.6 Å². The second-order valence-corrected chi connectivity index (χ2v) is 6.28. The summed E-state index contributed by atoms with van der Waals surface area (Å²) in [5.74, 6) is 0.415. The Labute approximate surface area is 138 Å². The zero-order chi connectivity index (χ0) is 16.2. The Balaban J connectivity index is 1.77. The van der Waals surface area contributed by atoms with Crippen molar-refractivity contribution in [3.63, 3.8) is 0 Å². The van der Waals surface area contributed by atoms with E-state index in [1.165, 1.54) is 0 Å². The molecule has 1 aromatic carbocycles. The lowest BCUT2D eigenvalue weighted by Crippen LogP contribution is -2.32. The number of hydrogen-bond acceptors (Lipinski definition) is 4. The minimum atomic E-state index is -0.0956. The van der Waals surface area contributed by atoms with E-state index < -0.39 is 0 Å². The zero-order valence-corrected chi connectivity index (χ0v) is 13.7. The van der Waals surface area contributed by atoms with Gasteiger partial charge in [0.1, 0.15) is 12.4 Å². The van der Waals surface area contributed by atoms with E-state index in [2.05, 4.69) is 5.32 Å². The highest BCUT2D eigenvalue weighted by molar-refractivity contribution is 7.10. The van der Waals surface area contributed by atoms with Gasteiger partial charge in [-0.25, -0.2) is 0 Å². The van der Waals surface area contributed by atoms with Gasteiger partial charge in [-0.15, -0.1) is 11.3 Å². The number of nitrogens with one attached hydrogen (secondary N) is 1. The third kappa shape index (κ3) is 3.53. The average Bonchev–Trinajstić information content (AvgIpc) is 2.99. The van der Waals surface area contributed by atoms with Gasteiger partial charge >= 0.3 is 0 Å². The van der Waals surface area contributed by atoms with Gasteiger partial charge in [0, 0.05) is 17.1 Å². The number of fused-ring (bicyclic) bond motifs is 1. The van der Waals surface area contributed by atoms with Gasteiger partial charge in [-0.1, -0.05) is 6.07 Å². The highest BCUT2D eigenvalue weighted by atomic mass is 32.1. The smallest absolute Gasteiger partial charge is 0.257 e. The van der Waals surface area contributed by atoms with E-state index >= 15 is 0 Å². The number of likely N-dealkylation sites (N-methyl/N-ethyl adjacent to an activating group) is 1. The number of amides is 2. The molecule has 0 spiro atoms. The summed E-state index contributed by atoms with van der Waals surface area (Å²) in [4.78, 5) is 27.3. The van der Waals surface area contributed by atoms with Gasteiger partial charge in [-0.3, -0.25) is 9.59 Å². The van der Waals surface area contributed by atoms with E-state index in [1.807, 2.05) is 24.4 Å². The number of nitrogens with zero attached hydrogens (tertiary/aromatic N) is 1. The number of ether oxygens (including phenoxy) is 1. The number of benzene rings is 1. The van der Waals surface area contributed by atoms with Crippen LogP contribution in [0.25, 0.3) is 0 Å². The lowest BCUT2D eigenvalue weighted by atomic mass is 10.1. The SMILES string of the molecule is CCN1CCOc2ccc(NC(=O)Cc3cccs3)cc2C1=O. The summed E-state index contributed by atoms with van der Waals surface area (Å²) in [6, 6.07) is 9.05. The van der Waals surface area contributed by atoms with Crippen molar-refractivity contribution >= 4 is 28.8 Å². The number of thiophene rings is 1. The lowest BCUT2D eigenvalue weighted by molar-refractivity contribution is -0.115. The van der Waals surface area contributed by atoms with Crippen molar-refractivity contribution < 1.29 is 14.3 Å². The number of carbonyl (C=O) groups is 2. The van der Waals surface area contributed by atoms with E-state index in [0.29, 0.717) is 43.1 Å². The Morgan fingerprint density at radius 2 is 2.26 bits per heavy atom. The van der Waals surface area contributed by atoms with Gasteiger partial charge in [0.2, 0.25) is 5.91 Å². The highest BCUT2D eigenvalue weighted by Crippen LogP contribution is 2.26. The molecule has 0 radical (unpaired) electrons. The van der Waals surface area contributed by atoms with Crippen LogP contribution < -0.4 is 10.1 Å². The molecule has 0 atom stereocenters. The summed E-state index contributed by atoms with van der Waals surface area (Å²) in [5, 5.41) is 4.79. The topological polar surface area (TPSA) is 58.6 Å². The van der Waals surface area contributed by atoms with Crippen LogP contribution in [0, 0.1) is 0 Å². The van der Waals surface area contributed by atoms with Crippen LogP contribution in [0.4, 0.5) is 5.69 Å². The van der Waals surface area contributed by atoms with Gasteiger partial charge in [0.25, 0.3) is 5.91 Å². The maximum absolute atomic E-state index is 12.5. The van der Waals surface area contributed by atoms with Crippen molar-refractivity contribution in [3.05, 3.63) is 46.2 Å². The number of rotatable bonds is 4. The van der Waals surface area contributed by atoms with E-state index in [4.69, 9.17) is 4.74 Å². The summed E-state index contributed by atoms with van der Waals surface area (Å²) in [6.07, 6.45) is 0.334. The van der Waals surface area contributed by atoms with Crippen LogP contribution in [-0.4, -0.2) is 36.4 Å². The van der Waals surface area contributed by atoms with E-state index in [0.717, 1.165) is 4.88 Å². The molecule has 6 heteroatoms. The predicted octanol–water partition coefficient (Wildman–Crippen LogP) is 2.78. The van der Waals surface area contributed by atoms with Crippen LogP contribution in [0.2, 0.25) is 0 Å². The molecule has 0 bridgehead atoms. The summed E-state index contributed by atoms with van der Waals surface area (Å²) in [7, 11) is 0. The van der Waals surface area contributed by atoms with Crippen LogP contribution >= 0.6 is 11.3 Å². The maximum atomic E-state index is 12.5. The molecule has 1 aromatic heterocycles. The number of anilines is 1. The third-order valence-corrected chi connectivity index (χ3v) is 4.57. The molecule has 23 heavy (non-hydrogen) atoms. The Hall–Kier alpha value is -2.34. The summed E-state index contributed by atoms with van der Waals surface area (Å²) in [6.45, 7) is 3.63. The fraction of sp³-hybridized carbons (Fsp3) is 0.294. The van der Waals surface area contributed by atoms with Crippen LogP contribution in [0.15, 0.2) is 35.7 Å². The van der Waals surface area contributed by atoms with Crippen LogP contribution in [0.1, 0.15) is 22.2 Å². The minimum Gasteiger partial charge on any atom is -0.491 e. The highest BCUT2D eigenvalue weighted by Gasteiger charge is 2.23. The van der Waals surface area contributed by atoms with E-state index in [-0.39, 0.29) is 11.8 Å². The Kier molecular flexibility index (Phi) is 4.62. The van der Waals surface area contributed by atoms with Gasteiger partial charge in [0.15, 0.2) is 0 Å². The second-order valence-electron chi connectivity index (χ2n) is 5.25. The van der Waals surface area contributed by atoms with E-state index in [9.17, 15) is 9.59 Å². The molecule has 0 aliphatic carbocycles. The van der Waals surface area contributed by atoms with Gasteiger partial charge in [-0.2, -0.15) is 0 Å². The molecular weight excluding hydrogens is 312 g/mol. The van der Waals surface area contributed by atoms with E-state index in [1.54, 1.807) is 34.4 Å². The Morgan fingerprint density at radius 3 is 3.00 bits per heavy atom. The normalized spacial score (nSPS) is 14.0. The summed E-state index contributed by atoms with van der Waals surface area (Å²) < 4.78 is 5.62. The van der Waals surface area contributed by atoms with Crippen LogP contribution in [0.5, 0.6) is 5.75 Å². The van der Waals surface area contributed by atoms with Crippen LogP contribution in [0.3, 0.4) is 0 Å². The quantitative estimate of drug-likeness (QED) is 0.938. The average molecular weight is 330 g/mol. The Bertz CT molecular complexity index is 713. The molecule has 120 valence electrons. The molecule has 2 amide bonds. The molecule has 1 aliphatic rings. The van der Waals surface area contributed by atoms with Crippen molar-refractivity contribution in [2.75, 3.05) is 25.0 Å². The first-order valence-electron chi connectivity index (χ1n) is 7.55. The molecule has 0 unspecified atom stereocenters. The van der Waals surface area contributed by atoms with Crippen molar-refractivity contribution in [1.29, 1.82) is 0 Å². The summed E-state index contributed by atoms with van der Waals surface area (Å²) >= 11 is 1.55. The van der Waals surface area contributed by atoms with Crippen molar-refractivity contribution in [1.82, 2.24) is 4.90 Å². The number of hydrogen-bond donors (Lipinski definition) is 1. The van der Waals surface area contributed by atoms with Crippen LogP contribution in [-0.2, 0) is 11.2 Å². The molecule has 3 rings (SSSR count). The Morgan fingerprint density at radius 1 is 1.39 bits per heavy atom. The first-order valence-corrected chi connectivity index (χ1v) is 8.43. The zero-order valence-electron chi connectivity index (χ0n) is 12.9. The molecule has 0 fully saturated rings. The monoisotopic (exact) mass is 330 g/mol. The molecule has 0 saturated heterocycles. The number of carbonyl (C=O) groups excluding carboxylic acids is 2. The fourth-order valence-electron chi connectivity index (χ4n) is 2.52. The predicted molar refractivity (Wildman–Crippen MR) is 90.2 cm³/mol. The first kappa shape index (κ1) is 15.6. The van der Waals surface area contributed by atoms with Crippen molar-refractivity contribution in [2.24, 2.45) is 0 Å². The minimum absolute atomic E-state index is 0.0608. The van der Waals surface area contributed by atoms with Crippen molar-refractivity contribution in [2.45, 2.75) is 13.3 Å². The fourth-order valence-corrected chi connectivity index (χ4v) is 3.22. The molecular formula is C17H18N2O3S. The van der Waals surface area contributed by atoms with Crippen molar-refractivity contribution in [3.8, 4) is 5.75 Å². The maximum Gasteiger partial charge on any atom is 0.257 e. The lowest BCUT2D eigenvalue weighted by Gasteiger charge is -2.17. The van der Waals surface area contributed by atoms with Gasteiger partial charge in [0.05, 0.1) is 18.5 Å². The largest absolute Gasteiger partial charge is 0.491 e. The third-order valence-electron chi connectivity index (χ3n) is 3.70. The first-order chi connectivity index (χ1) is 11.2. The second kappa shape index (κ2) is 6.83. The summed E-state index contributed by atoms with van der Waals surface area (Å²) in [5.41, 5.74) is 1.11. The molecule has 2 heterocycles. The molecule has 5 nitrogen and oxygen atoms in total.